The van der Waals surface area contributed by atoms with Crippen molar-refractivity contribution in [3.8, 4) is 22.6 Å². The van der Waals surface area contributed by atoms with Gasteiger partial charge in [0.1, 0.15) is 27.8 Å². The van der Waals surface area contributed by atoms with Crippen molar-refractivity contribution in [2.45, 2.75) is 0 Å². The van der Waals surface area contributed by atoms with Gasteiger partial charge in [-0.15, -0.1) is 11.3 Å². The average Bonchev–Trinajstić information content (AvgIpc) is 4.01. The maximum absolute atomic E-state index is 6.64. The molecule has 0 saturated carbocycles. The van der Waals surface area contributed by atoms with Gasteiger partial charge in [0.25, 0.3) is 0 Å². The van der Waals surface area contributed by atoms with E-state index in [-0.39, 0.29) is 0 Å². The van der Waals surface area contributed by atoms with E-state index in [1.165, 1.54) is 20.2 Å². The molecule has 12 rings (SSSR count). The van der Waals surface area contributed by atoms with Gasteiger partial charge in [-0.3, -0.25) is 0 Å². The number of benzene rings is 8. The van der Waals surface area contributed by atoms with Crippen LogP contribution in [-0.2, 0) is 0 Å². The average molecular weight is 725 g/mol. The monoisotopic (exact) mass is 724 g/mol. The van der Waals surface area contributed by atoms with E-state index >= 15 is 0 Å². The molecular formula is C49H28N2O3S. The normalized spacial score (nSPS) is 12.0. The molecule has 0 N–H and O–H groups in total. The number of hydrogen-bond acceptors (Lipinski definition) is 6. The lowest BCUT2D eigenvalue weighted by molar-refractivity contribution is 0.621. The molecule has 0 spiro atoms. The van der Waals surface area contributed by atoms with E-state index in [9.17, 15) is 0 Å². The molecule has 0 aliphatic rings. The van der Waals surface area contributed by atoms with Gasteiger partial charge in [0, 0.05) is 82.0 Å². The Hall–Kier alpha value is -7.15. The Balaban J connectivity index is 1.06. The molecular weight excluding hydrogens is 697 g/mol. The number of anilines is 3. The standard InChI is InChI=1S/C49H28N2O3S/c1-2-10-30(11-3-1)49-50-39-28-43-47(38-14-5-8-16-41(38)53-43)46(48(39)54-49)29-18-20-31(21-19-29)51(32-22-24-35-34-12-4-7-15-40(34)52-42(35)26-32)33-23-25-37-36-13-6-9-17-44(36)55-45(37)27-33/h1-28H. The fraction of sp³-hybridized carbons (Fsp3) is 0. The number of aromatic nitrogens is 1. The third-order valence-corrected chi connectivity index (χ3v) is 11.8. The number of furan rings is 2. The largest absolute Gasteiger partial charge is 0.456 e. The second kappa shape index (κ2) is 11.7. The number of nitrogens with zero attached hydrogens (tertiary/aromatic N) is 2. The minimum absolute atomic E-state index is 0.578. The summed E-state index contributed by atoms with van der Waals surface area (Å²) in [5.41, 5.74) is 10.8. The Labute approximate surface area is 317 Å². The van der Waals surface area contributed by atoms with Crippen LogP contribution in [0.15, 0.2) is 183 Å². The van der Waals surface area contributed by atoms with Crippen LogP contribution in [-0.4, -0.2) is 4.98 Å². The van der Waals surface area contributed by atoms with Gasteiger partial charge < -0.3 is 18.2 Å². The molecule has 4 heterocycles. The van der Waals surface area contributed by atoms with Gasteiger partial charge in [-0.1, -0.05) is 91.0 Å². The first-order valence-electron chi connectivity index (χ1n) is 18.3. The zero-order valence-electron chi connectivity index (χ0n) is 29.2. The van der Waals surface area contributed by atoms with Crippen molar-refractivity contribution in [3.05, 3.63) is 170 Å². The van der Waals surface area contributed by atoms with Gasteiger partial charge in [-0.05, 0) is 72.3 Å². The van der Waals surface area contributed by atoms with Crippen LogP contribution in [0.5, 0.6) is 0 Å². The molecule has 0 fully saturated rings. The first-order chi connectivity index (χ1) is 27.2. The third kappa shape index (κ3) is 4.68. The molecule has 0 unspecified atom stereocenters. The van der Waals surface area contributed by atoms with Crippen molar-refractivity contribution in [1.29, 1.82) is 0 Å². The second-order valence-corrected chi connectivity index (χ2v) is 15.0. The highest BCUT2D eigenvalue weighted by atomic mass is 32.1. The number of hydrogen-bond donors (Lipinski definition) is 0. The van der Waals surface area contributed by atoms with Crippen molar-refractivity contribution in [3.63, 3.8) is 0 Å². The molecule has 0 atom stereocenters. The van der Waals surface area contributed by atoms with E-state index < -0.39 is 0 Å². The summed E-state index contributed by atoms with van der Waals surface area (Å²) in [5, 5.41) is 6.80. The molecule has 0 radical (unpaired) electrons. The van der Waals surface area contributed by atoms with E-state index in [0.717, 1.165) is 88.7 Å². The Morgan fingerprint density at radius 1 is 0.418 bits per heavy atom. The van der Waals surface area contributed by atoms with Gasteiger partial charge in [-0.2, -0.15) is 0 Å². The van der Waals surface area contributed by atoms with Crippen molar-refractivity contribution in [2.24, 2.45) is 0 Å². The van der Waals surface area contributed by atoms with Crippen molar-refractivity contribution < 1.29 is 13.3 Å². The Kier molecular flexibility index (Phi) is 6.44. The highest BCUT2D eigenvalue weighted by Crippen LogP contribution is 2.46. The fourth-order valence-corrected chi connectivity index (χ4v) is 9.32. The minimum atomic E-state index is 0.578. The molecule has 8 aromatic carbocycles. The molecule has 0 saturated heterocycles. The predicted octanol–water partition coefficient (Wildman–Crippen LogP) is 14.8. The van der Waals surface area contributed by atoms with Crippen LogP contribution >= 0.6 is 11.3 Å². The van der Waals surface area contributed by atoms with E-state index in [4.69, 9.17) is 18.2 Å². The highest BCUT2D eigenvalue weighted by molar-refractivity contribution is 7.25. The van der Waals surface area contributed by atoms with Crippen LogP contribution in [0.25, 0.3) is 97.7 Å². The van der Waals surface area contributed by atoms with Crippen molar-refractivity contribution in [2.75, 3.05) is 4.90 Å². The highest BCUT2D eigenvalue weighted by Gasteiger charge is 2.23. The van der Waals surface area contributed by atoms with Crippen LogP contribution in [0.2, 0.25) is 0 Å². The fourth-order valence-electron chi connectivity index (χ4n) is 8.18. The summed E-state index contributed by atoms with van der Waals surface area (Å²) in [6.07, 6.45) is 0. The molecule has 12 aromatic rings. The summed E-state index contributed by atoms with van der Waals surface area (Å²) in [6, 6.07) is 59.1. The molecule has 4 aromatic heterocycles. The first kappa shape index (κ1) is 30.3. The van der Waals surface area contributed by atoms with Gasteiger partial charge >= 0.3 is 0 Å². The van der Waals surface area contributed by atoms with Crippen LogP contribution in [0.1, 0.15) is 0 Å². The van der Waals surface area contributed by atoms with E-state index in [1.807, 2.05) is 78.1 Å². The van der Waals surface area contributed by atoms with Crippen LogP contribution < -0.4 is 4.90 Å². The number of oxazole rings is 1. The maximum atomic E-state index is 6.64. The van der Waals surface area contributed by atoms with E-state index in [1.54, 1.807) is 0 Å². The summed E-state index contributed by atoms with van der Waals surface area (Å²) in [7, 11) is 0. The van der Waals surface area contributed by atoms with Crippen LogP contribution in [0.4, 0.5) is 17.1 Å². The maximum Gasteiger partial charge on any atom is 0.227 e. The predicted molar refractivity (Wildman–Crippen MR) is 227 cm³/mol. The summed E-state index contributed by atoms with van der Waals surface area (Å²) < 4.78 is 22.0. The summed E-state index contributed by atoms with van der Waals surface area (Å²) in [5.74, 6) is 0.578. The molecule has 0 aliphatic carbocycles. The van der Waals surface area contributed by atoms with Gasteiger partial charge in [0.2, 0.25) is 5.89 Å². The Morgan fingerprint density at radius 3 is 1.87 bits per heavy atom. The lowest BCUT2D eigenvalue weighted by Crippen LogP contribution is -2.09. The molecule has 0 amide bonds. The third-order valence-electron chi connectivity index (χ3n) is 10.7. The lowest BCUT2D eigenvalue weighted by atomic mass is 9.97. The van der Waals surface area contributed by atoms with Crippen molar-refractivity contribution >= 4 is 104 Å². The van der Waals surface area contributed by atoms with Crippen LogP contribution in [0.3, 0.4) is 0 Å². The van der Waals surface area contributed by atoms with Gasteiger partial charge in [-0.25, -0.2) is 4.98 Å². The first-order valence-corrected chi connectivity index (χ1v) is 19.1. The van der Waals surface area contributed by atoms with E-state index in [2.05, 4.69) is 108 Å². The quantitative estimate of drug-likeness (QED) is 0.177. The Bertz CT molecular complexity index is 3330. The molecule has 0 aliphatic heterocycles. The molecule has 0 bridgehead atoms. The molecule has 258 valence electrons. The number of rotatable bonds is 5. The summed E-state index contributed by atoms with van der Waals surface area (Å²) >= 11 is 1.82. The van der Waals surface area contributed by atoms with Crippen molar-refractivity contribution in [1.82, 2.24) is 4.98 Å². The number of thiophene rings is 1. The smallest absolute Gasteiger partial charge is 0.227 e. The summed E-state index contributed by atoms with van der Waals surface area (Å²) in [6.45, 7) is 0. The van der Waals surface area contributed by atoms with Gasteiger partial charge in [0.15, 0.2) is 5.58 Å². The second-order valence-electron chi connectivity index (χ2n) is 13.9. The number of fused-ring (bicyclic) bond motifs is 10. The summed E-state index contributed by atoms with van der Waals surface area (Å²) in [4.78, 5) is 7.26. The number of para-hydroxylation sites is 2. The zero-order valence-corrected chi connectivity index (χ0v) is 30.0. The zero-order chi connectivity index (χ0) is 36.0. The minimum Gasteiger partial charge on any atom is -0.456 e. The SMILES string of the molecule is c1ccc(-c2nc3cc4oc5ccccc5c4c(-c4ccc(N(c5ccc6c(c5)oc5ccccc56)c5ccc6c(c5)sc5ccccc56)cc4)c3o2)cc1. The van der Waals surface area contributed by atoms with E-state index in [0.29, 0.717) is 5.89 Å². The molecule has 55 heavy (non-hydrogen) atoms. The van der Waals surface area contributed by atoms with Gasteiger partial charge in [0.05, 0.1) is 0 Å². The lowest BCUT2D eigenvalue weighted by Gasteiger charge is -2.26. The molecule has 6 heteroatoms. The Morgan fingerprint density at radius 2 is 1.04 bits per heavy atom. The van der Waals surface area contributed by atoms with Crippen LogP contribution in [0, 0.1) is 0 Å². The topological polar surface area (TPSA) is 55.6 Å². The molecule has 5 nitrogen and oxygen atoms in total.